The summed E-state index contributed by atoms with van der Waals surface area (Å²) in [5, 5.41) is 18.4. The molecule has 0 amide bonds. The molecule has 0 bridgehead atoms. The Morgan fingerprint density at radius 1 is 1.43 bits per heavy atom. The first-order chi connectivity index (χ1) is 10.0. The first-order valence-corrected chi connectivity index (χ1v) is 7.65. The molecule has 0 aliphatic heterocycles. The van der Waals surface area contributed by atoms with E-state index in [0.717, 1.165) is 30.9 Å². The van der Waals surface area contributed by atoms with Crippen molar-refractivity contribution in [2.75, 3.05) is 18.1 Å². The average molecular weight is 292 g/mol. The van der Waals surface area contributed by atoms with Gasteiger partial charge in [0, 0.05) is 24.9 Å². The van der Waals surface area contributed by atoms with Crippen LogP contribution < -0.4 is 4.90 Å². The van der Waals surface area contributed by atoms with E-state index in [9.17, 15) is 9.90 Å². The van der Waals surface area contributed by atoms with Gasteiger partial charge in [-0.1, -0.05) is 13.8 Å². The Hall–Kier alpha value is -1.62. The SMILES string of the molecule is CC(C)c1cc(C(=O)O)cc(N(CCCO)C2CCC2)n1. The van der Waals surface area contributed by atoms with E-state index in [2.05, 4.69) is 9.88 Å². The average Bonchev–Trinajstić information content (AvgIpc) is 2.40. The Morgan fingerprint density at radius 2 is 2.14 bits per heavy atom. The molecular formula is C16H24N2O3. The summed E-state index contributed by atoms with van der Waals surface area (Å²) in [6, 6.07) is 3.74. The van der Waals surface area contributed by atoms with Crippen LogP contribution in [-0.4, -0.2) is 40.4 Å². The van der Waals surface area contributed by atoms with Crippen LogP contribution >= 0.6 is 0 Å². The van der Waals surface area contributed by atoms with Gasteiger partial charge in [-0.2, -0.15) is 0 Å². The number of pyridine rings is 1. The van der Waals surface area contributed by atoms with Crippen molar-refractivity contribution in [3.63, 3.8) is 0 Å². The summed E-state index contributed by atoms with van der Waals surface area (Å²) in [5.74, 6) is -0.00264. The summed E-state index contributed by atoms with van der Waals surface area (Å²) in [7, 11) is 0. The lowest BCUT2D eigenvalue weighted by Gasteiger charge is -2.38. The van der Waals surface area contributed by atoms with E-state index in [1.165, 1.54) is 6.42 Å². The van der Waals surface area contributed by atoms with Crippen LogP contribution in [-0.2, 0) is 0 Å². The summed E-state index contributed by atoms with van der Waals surface area (Å²) in [5.41, 5.74) is 1.09. The molecule has 116 valence electrons. The molecule has 0 aromatic carbocycles. The zero-order valence-corrected chi connectivity index (χ0v) is 12.7. The highest BCUT2D eigenvalue weighted by molar-refractivity contribution is 5.88. The first-order valence-electron chi connectivity index (χ1n) is 7.65. The zero-order valence-electron chi connectivity index (χ0n) is 12.7. The fourth-order valence-electron chi connectivity index (χ4n) is 2.53. The van der Waals surface area contributed by atoms with Gasteiger partial charge in [-0.15, -0.1) is 0 Å². The van der Waals surface area contributed by atoms with Crippen molar-refractivity contribution in [1.82, 2.24) is 4.98 Å². The van der Waals surface area contributed by atoms with Crippen molar-refractivity contribution in [1.29, 1.82) is 0 Å². The molecule has 1 saturated carbocycles. The minimum Gasteiger partial charge on any atom is -0.478 e. The van der Waals surface area contributed by atoms with E-state index in [0.29, 0.717) is 12.5 Å². The van der Waals surface area contributed by atoms with Crippen LogP contribution in [0, 0.1) is 0 Å². The first kappa shape index (κ1) is 15.8. The second kappa shape index (κ2) is 6.89. The lowest BCUT2D eigenvalue weighted by molar-refractivity contribution is 0.0696. The van der Waals surface area contributed by atoms with Crippen LogP contribution in [0.3, 0.4) is 0 Å². The number of rotatable bonds is 7. The molecule has 2 rings (SSSR count). The number of hydrogen-bond acceptors (Lipinski definition) is 4. The Morgan fingerprint density at radius 3 is 2.62 bits per heavy atom. The summed E-state index contributed by atoms with van der Waals surface area (Å²) < 4.78 is 0. The Labute approximate surface area is 125 Å². The highest BCUT2D eigenvalue weighted by Crippen LogP contribution is 2.30. The number of aliphatic hydroxyl groups is 1. The van der Waals surface area contributed by atoms with E-state index in [1.54, 1.807) is 12.1 Å². The molecule has 0 atom stereocenters. The van der Waals surface area contributed by atoms with Crippen molar-refractivity contribution in [3.05, 3.63) is 23.4 Å². The molecule has 1 heterocycles. The Bertz CT molecular complexity index is 498. The molecule has 5 heteroatoms. The van der Waals surface area contributed by atoms with E-state index >= 15 is 0 Å². The van der Waals surface area contributed by atoms with E-state index in [-0.39, 0.29) is 18.1 Å². The zero-order chi connectivity index (χ0) is 15.4. The minimum atomic E-state index is -0.920. The second-order valence-electron chi connectivity index (χ2n) is 5.95. The van der Waals surface area contributed by atoms with Gasteiger partial charge >= 0.3 is 5.97 Å². The number of anilines is 1. The molecule has 0 spiro atoms. The maximum Gasteiger partial charge on any atom is 0.335 e. The minimum absolute atomic E-state index is 0.138. The molecule has 1 aromatic rings. The normalized spacial score (nSPS) is 15.0. The van der Waals surface area contributed by atoms with Crippen molar-refractivity contribution >= 4 is 11.8 Å². The van der Waals surface area contributed by atoms with Gasteiger partial charge in [-0.25, -0.2) is 9.78 Å². The van der Waals surface area contributed by atoms with Crippen molar-refractivity contribution in [3.8, 4) is 0 Å². The molecule has 0 unspecified atom stereocenters. The maximum absolute atomic E-state index is 11.3. The number of nitrogens with zero attached hydrogens (tertiary/aromatic N) is 2. The Balaban J connectivity index is 2.35. The number of hydrogen-bond donors (Lipinski definition) is 2. The second-order valence-corrected chi connectivity index (χ2v) is 5.95. The molecule has 1 aliphatic carbocycles. The predicted molar refractivity (Wildman–Crippen MR) is 82.0 cm³/mol. The van der Waals surface area contributed by atoms with Gasteiger partial charge < -0.3 is 15.1 Å². The molecule has 5 nitrogen and oxygen atoms in total. The van der Waals surface area contributed by atoms with Crippen molar-refractivity contribution < 1.29 is 15.0 Å². The van der Waals surface area contributed by atoms with Crippen LogP contribution in [0.1, 0.15) is 61.5 Å². The third-order valence-electron chi connectivity index (χ3n) is 4.04. The van der Waals surface area contributed by atoms with Crippen LogP contribution in [0.2, 0.25) is 0 Å². The third kappa shape index (κ3) is 3.73. The quantitative estimate of drug-likeness (QED) is 0.808. The molecule has 0 radical (unpaired) electrons. The van der Waals surface area contributed by atoms with Crippen molar-refractivity contribution in [2.24, 2.45) is 0 Å². The molecule has 2 N–H and O–H groups in total. The van der Waals surface area contributed by atoms with Crippen LogP contribution in [0.4, 0.5) is 5.82 Å². The van der Waals surface area contributed by atoms with Gasteiger partial charge in [0.15, 0.2) is 0 Å². The van der Waals surface area contributed by atoms with Gasteiger partial charge in [-0.3, -0.25) is 0 Å². The smallest absolute Gasteiger partial charge is 0.335 e. The molecule has 1 fully saturated rings. The van der Waals surface area contributed by atoms with E-state index in [1.807, 2.05) is 13.8 Å². The number of carbonyl (C=O) groups is 1. The number of aromatic carboxylic acids is 1. The molecule has 0 saturated heterocycles. The van der Waals surface area contributed by atoms with Crippen LogP contribution in [0.25, 0.3) is 0 Å². The van der Waals surface area contributed by atoms with Crippen molar-refractivity contribution in [2.45, 2.75) is 51.5 Å². The monoisotopic (exact) mass is 292 g/mol. The third-order valence-corrected chi connectivity index (χ3v) is 4.04. The van der Waals surface area contributed by atoms with E-state index < -0.39 is 5.97 Å². The van der Waals surface area contributed by atoms with Gasteiger partial charge in [0.05, 0.1) is 5.56 Å². The molecule has 21 heavy (non-hydrogen) atoms. The van der Waals surface area contributed by atoms with Gasteiger partial charge in [0.2, 0.25) is 0 Å². The maximum atomic E-state index is 11.3. The van der Waals surface area contributed by atoms with Crippen LogP contribution in [0.5, 0.6) is 0 Å². The summed E-state index contributed by atoms with van der Waals surface area (Å²) in [6.07, 6.45) is 4.10. The number of aliphatic hydroxyl groups excluding tert-OH is 1. The van der Waals surface area contributed by atoms with Crippen LogP contribution in [0.15, 0.2) is 12.1 Å². The van der Waals surface area contributed by atoms with E-state index in [4.69, 9.17) is 5.11 Å². The lowest BCUT2D eigenvalue weighted by Crippen LogP contribution is -2.41. The Kier molecular flexibility index (Phi) is 5.17. The van der Waals surface area contributed by atoms with Gasteiger partial charge in [0.1, 0.15) is 5.82 Å². The molecular weight excluding hydrogens is 268 g/mol. The summed E-state index contributed by atoms with van der Waals surface area (Å²) in [6.45, 7) is 4.88. The fraction of sp³-hybridized carbons (Fsp3) is 0.625. The number of carboxylic acid groups (broad SMARTS) is 1. The van der Waals surface area contributed by atoms with Gasteiger partial charge in [-0.05, 0) is 43.7 Å². The topological polar surface area (TPSA) is 73.7 Å². The molecule has 1 aromatic heterocycles. The highest BCUT2D eigenvalue weighted by atomic mass is 16.4. The standard InChI is InChI=1S/C16H24N2O3/c1-11(2)14-9-12(16(20)21)10-15(17-14)18(7-4-8-19)13-5-3-6-13/h9-11,13,19H,3-8H2,1-2H3,(H,20,21). The van der Waals surface area contributed by atoms with Gasteiger partial charge in [0.25, 0.3) is 0 Å². The fourth-order valence-corrected chi connectivity index (χ4v) is 2.53. The number of carboxylic acids is 1. The highest BCUT2D eigenvalue weighted by Gasteiger charge is 2.26. The molecule has 1 aliphatic rings. The summed E-state index contributed by atoms with van der Waals surface area (Å²) in [4.78, 5) is 18.1. The predicted octanol–water partition coefficient (Wildman–Crippen LogP) is 2.64. The number of aromatic nitrogens is 1. The summed E-state index contributed by atoms with van der Waals surface area (Å²) >= 11 is 0. The lowest BCUT2D eigenvalue weighted by atomic mass is 9.91. The largest absolute Gasteiger partial charge is 0.478 e.